The Labute approximate surface area is 147 Å². The Morgan fingerprint density at radius 3 is 2.00 bits per heavy atom. The molecule has 0 aliphatic rings. The van der Waals surface area contributed by atoms with Crippen molar-refractivity contribution in [3.05, 3.63) is 62.2 Å². The van der Waals surface area contributed by atoms with Gasteiger partial charge < -0.3 is 5.32 Å². The SMILES string of the molecule is CC(=O)Nc1ccc(S(=O)(=O)c2cc(C)c([N+](=O)[O-])cc2[N+](=O)[O-])cc1. The number of hydrogen-bond donors (Lipinski definition) is 1. The highest BCUT2D eigenvalue weighted by Gasteiger charge is 2.31. The molecule has 0 aromatic heterocycles. The lowest BCUT2D eigenvalue weighted by atomic mass is 10.2. The van der Waals surface area contributed by atoms with Crippen molar-refractivity contribution in [1.29, 1.82) is 0 Å². The van der Waals surface area contributed by atoms with Gasteiger partial charge in [-0.25, -0.2) is 8.42 Å². The second kappa shape index (κ2) is 6.88. The van der Waals surface area contributed by atoms with E-state index in [0.29, 0.717) is 11.8 Å². The Kier molecular flexibility index (Phi) is 5.02. The molecular formula is C15H13N3O7S. The maximum absolute atomic E-state index is 12.8. The molecule has 0 heterocycles. The molecule has 26 heavy (non-hydrogen) atoms. The van der Waals surface area contributed by atoms with Gasteiger partial charge in [-0.3, -0.25) is 25.0 Å². The van der Waals surface area contributed by atoms with Crippen LogP contribution in [0.15, 0.2) is 46.2 Å². The third kappa shape index (κ3) is 3.67. The fourth-order valence-electron chi connectivity index (χ4n) is 2.26. The summed E-state index contributed by atoms with van der Waals surface area (Å²) in [5, 5.41) is 24.6. The molecule has 0 saturated heterocycles. The van der Waals surface area contributed by atoms with Gasteiger partial charge in [-0.1, -0.05) is 0 Å². The van der Waals surface area contributed by atoms with Gasteiger partial charge in [0.05, 0.1) is 20.8 Å². The van der Waals surface area contributed by atoms with E-state index in [-0.39, 0.29) is 16.4 Å². The minimum absolute atomic E-state index is 0.0194. The molecule has 0 spiro atoms. The van der Waals surface area contributed by atoms with Crippen LogP contribution in [0.25, 0.3) is 0 Å². The first-order chi connectivity index (χ1) is 12.0. The zero-order chi connectivity index (χ0) is 19.6. The van der Waals surface area contributed by atoms with E-state index in [2.05, 4.69) is 5.32 Å². The number of nitrogens with zero attached hydrogens (tertiary/aromatic N) is 2. The van der Waals surface area contributed by atoms with Crippen LogP contribution < -0.4 is 5.32 Å². The molecule has 0 bridgehead atoms. The quantitative estimate of drug-likeness (QED) is 0.619. The van der Waals surface area contributed by atoms with E-state index in [1.54, 1.807) is 0 Å². The van der Waals surface area contributed by atoms with Crippen molar-refractivity contribution in [2.75, 3.05) is 5.32 Å². The van der Waals surface area contributed by atoms with Crippen LogP contribution >= 0.6 is 0 Å². The van der Waals surface area contributed by atoms with Gasteiger partial charge in [0, 0.05) is 18.2 Å². The average Bonchev–Trinajstić information content (AvgIpc) is 2.53. The third-order valence-corrected chi connectivity index (χ3v) is 5.24. The van der Waals surface area contributed by atoms with Crippen molar-refractivity contribution >= 4 is 32.8 Å². The van der Waals surface area contributed by atoms with Gasteiger partial charge in [-0.15, -0.1) is 0 Å². The summed E-state index contributed by atoms with van der Waals surface area (Å²) in [4.78, 5) is 30.5. The van der Waals surface area contributed by atoms with E-state index >= 15 is 0 Å². The van der Waals surface area contributed by atoms with Crippen LogP contribution in [0.3, 0.4) is 0 Å². The number of carbonyl (C=O) groups excluding carboxylic acids is 1. The van der Waals surface area contributed by atoms with Gasteiger partial charge >= 0.3 is 0 Å². The minimum Gasteiger partial charge on any atom is -0.326 e. The summed E-state index contributed by atoms with van der Waals surface area (Å²) in [6.45, 7) is 2.58. The first-order valence-electron chi connectivity index (χ1n) is 7.10. The van der Waals surface area contributed by atoms with Crippen LogP contribution in [0.2, 0.25) is 0 Å². The number of aryl methyl sites for hydroxylation is 1. The van der Waals surface area contributed by atoms with Gasteiger partial charge in [0.1, 0.15) is 4.90 Å². The van der Waals surface area contributed by atoms with Crippen LogP contribution in [0.5, 0.6) is 0 Å². The van der Waals surface area contributed by atoms with Crippen molar-refractivity contribution in [2.24, 2.45) is 0 Å². The van der Waals surface area contributed by atoms with E-state index in [1.807, 2.05) is 0 Å². The number of nitro groups is 2. The number of nitro benzene ring substituents is 2. The molecule has 0 radical (unpaired) electrons. The molecule has 0 aliphatic heterocycles. The second-order valence-electron chi connectivity index (χ2n) is 5.33. The highest BCUT2D eigenvalue weighted by atomic mass is 32.2. The van der Waals surface area contributed by atoms with Gasteiger partial charge in [-0.2, -0.15) is 0 Å². The van der Waals surface area contributed by atoms with Gasteiger partial charge in [0.2, 0.25) is 15.7 Å². The van der Waals surface area contributed by atoms with Crippen molar-refractivity contribution < 1.29 is 23.1 Å². The summed E-state index contributed by atoms with van der Waals surface area (Å²) in [7, 11) is -4.30. The number of nitrogens with one attached hydrogen (secondary N) is 1. The predicted octanol–water partition coefficient (Wildman–Crippen LogP) is 2.60. The summed E-state index contributed by atoms with van der Waals surface area (Å²) in [6.07, 6.45) is 0. The van der Waals surface area contributed by atoms with Crippen LogP contribution in [0.4, 0.5) is 17.1 Å². The molecule has 0 saturated carbocycles. The van der Waals surface area contributed by atoms with Crippen molar-refractivity contribution in [2.45, 2.75) is 23.6 Å². The van der Waals surface area contributed by atoms with E-state index in [1.165, 1.54) is 38.1 Å². The lowest BCUT2D eigenvalue weighted by Crippen LogP contribution is -2.09. The van der Waals surface area contributed by atoms with Crippen molar-refractivity contribution in [3.63, 3.8) is 0 Å². The third-order valence-electron chi connectivity index (χ3n) is 3.45. The average molecular weight is 379 g/mol. The molecule has 0 fully saturated rings. The standard InChI is InChI=1S/C15H13N3O7S/c1-9-7-15(14(18(22)23)8-13(9)17(20)21)26(24,25)12-5-3-11(4-6-12)16-10(2)19/h3-8H,1-2H3,(H,16,19). The normalized spacial score (nSPS) is 11.0. The first-order valence-corrected chi connectivity index (χ1v) is 8.58. The number of amides is 1. The molecule has 0 atom stereocenters. The second-order valence-corrected chi connectivity index (χ2v) is 7.25. The minimum atomic E-state index is -4.30. The van der Waals surface area contributed by atoms with E-state index in [4.69, 9.17) is 0 Å². The summed E-state index contributed by atoms with van der Waals surface area (Å²) < 4.78 is 25.5. The monoisotopic (exact) mass is 379 g/mol. The van der Waals surface area contributed by atoms with Crippen LogP contribution in [0.1, 0.15) is 12.5 Å². The molecule has 10 nitrogen and oxygen atoms in total. The Bertz CT molecular complexity index is 1010. The maximum atomic E-state index is 12.8. The molecular weight excluding hydrogens is 366 g/mol. The smallest absolute Gasteiger partial charge is 0.295 e. The van der Waals surface area contributed by atoms with E-state index < -0.39 is 36.0 Å². The van der Waals surface area contributed by atoms with E-state index in [9.17, 15) is 33.4 Å². The Morgan fingerprint density at radius 2 is 1.54 bits per heavy atom. The molecule has 0 unspecified atom stereocenters. The summed E-state index contributed by atoms with van der Waals surface area (Å²) in [5.41, 5.74) is -1.09. The Hall–Kier alpha value is -3.34. The fourth-order valence-corrected chi connectivity index (χ4v) is 3.75. The molecule has 11 heteroatoms. The van der Waals surface area contributed by atoms with Gasteiger partial charge in [-0.05, 0) is 37.3 Å². The number of hydrogen-bond acceptors (Lipinski definition) is 7. The lowest BCUT2D eigenvalue weighted by molar-refractivity contribution is -0.396. The first kappa shape index (κ1) is 19.0. The van der Waals surface area contributed by atoms with Gasteiger partial charge in [0.25, 0.3) is 11.4 Å². The molecule has 2 aromatic carbocycles. The molecule has 2 aromatic rings. The number of benzene rings is 2. The maximum Gasteiger partial charge on any atom is 0.295 e. The highest BCUT2D eigenvalue weighted by molar-refractivity contribution is 7.91. The van der Waals surface area contributed by atoms with E-state index in [0.717, 1.165) is 6.07 Å². The fraction of sp³-hybridized carbons (Fsp3) is 0.133. The predicted molar refractivity (Wildman–Crippen MR) is 90.7 cm³/mol. The van der Waals surface area contributed by atoms with Crippen molar-refractivity contribution in [1.82, 2.24) is 0 Å². The number of rotatable bonds is 5. The zero-order valence-corrected chi connectivity index (χ0v) is 14.4. The van der Waals surface area contributed by atoms with Crippen LogP contribution in [-0.4, -0.2) is 24.2 Å². The molecule has 0 aliphatic carbocycles. The summed E-state index contributed by atoms with van der Waals surface area (Å²) in [6, 6.07) is 6.57. The highest BCUT2D eigenvalue weighted by Crippen LogP contribution is 2.35. The number of anilines is 1. The lowest BCUT2D eigenvalue weighted by Gasteiger charge is -2.08. The molecule has 136 valence electrons. The molecule has 1 amide bonds. The summed E-state index contributed by atoms with van der Waals surface area (Å²) in [5.74, 6) is -0.345. The van der Waals surface area contributed by atoms with Crippen molar-refractivity contribution in [3.8, 4) is 0 Å². The Morgan fingerprint density at radius 1 is 1.00 bits per heavy atom. The van der Waals surface area contributed by atoms with Crippen LogP contribution in [-0.2, 0) is 14.6 Å². The number of sulfone groups is 1. The Balaban J connectivity index is 2.61. The number of carbonyl (C=O) groups is 1. The zero-order valence-electron chi connectivity index (χ0n) is 13.6. The molecule has 1 N–H and O–H groups in total. The van der Waals surface area contributed by atoms with Gasteiger partial charge in [0.15, 0.2) is 0 Å². The topological polar surface area (TPSA) is 150 Å². The largest absolute Gasteiger partial charge is 0.326 e. The van der Waals surface area contributed by atoms with Crippen LogP contribution in [0, 0.1) is 27.2 Å². The molecule has 2 rings (SSSR count). The summed E-state index contributed by atoms with van der Waals surface area (Å²) >= 11 is 0.